The summed E-state index contributed by atoms with van der Waals surface area (Å²) in [6.07, 6.45) is 1.07. The maximum absolute atomic E-state index is 13.1. The summed E-state index contributed by atoms with van der Waals surface area (Å²) < 4.78 is 81.4. The van der Waals surface area contributed by atoms with Gasteiger partial charge in [-0.25, -0.2) is 16.8 Å². The van der Waals surface area contributed by atoms with Crippen LogP contribution in [0.15, 0.2) is 72.8 Å². The highest BCUT2D eigenvalue weighted by Crippen LogP contribution is 2.26. The number of sulfone groups is 1. The predicted molar refractivity (Wildman–Crippen MR) is 147 cm³/mol. The summed E-state index contributed by atoms with van der Waals surface area (Å²) in [5, 5.41) is 11.3. The molecule has 0 spiro atoms. The molecule has 9 nitrogen and oxygen atoms in total. The van der Waals surface area contributed by atoms with Crippen molar-refractivity contribution in [1.29, 1.82) is 5.26 Å². The topological polar surface area (TPSA) is 142 Å². The molecule has 13 heteroatoms. The molecule has 0 fully saturated rings. The Morgan fingerprint density at radius 2 is 1.68 bits per heavy atom. The van der Waals surface area contributed by atoms with E-state index in [1.165, 1.54) is 24.3 Å². The molecule has 0 heterocycles. The molecule has 1 atom stereocenters. The summed E-state index contributed by atoms with van der Waals surface area (Å²) in [4.78, 5) is 12.8. The van der Waals surface area contributed by atoms with Crippen LogP contribution in [0.25, 0.3) is 11.1 Å². The molecule has 1 unspecified atom stereocenters. The molecule has 0 aromatic heterocycles. The van der Waals surface area contributed by atoms with Gasteiger partial charge in [-0.05, 0) is 41.3 Å². The first-order valence-corrected chi connectivity index (χ1v) is 15.6. The molecule has 0 aliphatic carbocycles. The minimum absolute atomic E-state index is 0.0211. The Balaban J connectivity index is 1.83. The van der Waals surface area contributed by atoms with E-state index in [2.05, 4.69) is 14.8 Å². The van der Waals surface area contributed by atoms with Gasteiger partial charge in [0.15, 0.2) is 9.84 Å². The first-order chi connectivity index (χ1) is 18.8. The number of ether oxygens (including phenoxy) is 1. The minimum atomic E-state index is -3.99. The molecule has 0 saturated carbocycles. The van der Waals surface area contributed by atoms with Crippen molar-refractivity contribution in [2.45, 2.75) is 18.8 Å². The Hall–Kier alpha value is -4.02. The van der Waals surface area contributed by atoms with Crippen LogP contribution < -0.4 is 14.8 Å². The van der Waals surface area contributed by atoms with Crippen LogP contribution in [0, 0.1) is 17.2 Å². The van der Waals surface area contributed by atoms with Crippen molar-refractivity contribution in [2.75, 3.05) is 23.3 Å². The van der Waals surface area contributed by atoms with Gasteiger partial charge in [0.2, 0.25) is 15.9 Å². The van der Waals surface area contributed by atoms with Crippen molar-refractivity contribution in [3.8, 4) is 22.9 Å². The van der Waals surface area contributed by atoms with Crippen LogP contribution in [0.5, 0.6) is 5.75 Å². The highest BCUT2D eigenvalue weighted by molar-refractivity contribution is 7.92. The molecule has 3 rings (SSSR count). The van der Waals surface area contributed by atoms with Crippen molar-refractivity contribution in [2.24, 2.45) is 5.92 Å². The van der Waals surface area contributed by atoms with E-state index in [1.54, 1.807) is 48.5 Å². The Labute approximate surface area is 231 Å². The molecule has 1 amide bonds. The molecule has 2 N–H and O–H groups in total. The van der Waals surface area contributed by atoms with Crippen molar-refractivity contribution < 1.29 is 35.1 Å². The van der Waals surface area contributed by atoms with E-state index in [-0.39, 0.29) is 24.3 Å². The molecule has 40 heavy (non-hydrogen) atoms. The number of nitriles is 1. The first-order valence-electron chi connectivity index (χ1n) is 11.9. The van der Waals surface area contributed by atoms with Crippen molar-refractivity contribution in [3.63, 3.8) is 0 Å². The first kappa shape index (κ1) is 30.5. The van der Waals surface area contributed by atoms with Crippen LogP contribution in [0.2, 0.25) is 0 Å². The van der Waals surface area contributed by atoms with Crippen molar-refractivity contribution in [3.05, 3.63) is 83.9 Å². The van der Waals surface area contributed by atoms with E-state index < -0.39 is 49.8 Å². The van der Waals surface area contributed by atoms with Gasteiger partial charge in [0.1, 0.15) is 12.3 Å². The van der Waals surface area contributed by atoms with Crippen molar-refractivity contribution in [1.82, 2.24) is 5.32 Å². The third-order valence-corrected chi connectivity index (χ3v) is 7.93. The number of nitrogens with one attached hydrogen (secondary N) is 2. The number of hydrogen-bond donors (Lipinski definition) is 2. The molecule has 0 aliphatic rings. The van der Waals surface area contributed by atoms with Gasteiger partial charge in [0, 0.05) is 11.3 Å². The lowest BCUT2D eigenvalue weighted by atomic mass is 9.96. The molecule has 0 radical (unpaired) electrons. The van der Waals surface area contributed by atoms with E-state index in [0.717, 1.165) is 17.4 Å². The smallest absolute Gasteiger partial charge is 0.387 e. The highest BCUT2D eigenvalue weighted by atomic mass is 32.2. The second kappa shape index (κ2) is 13.4. The lowest BCUT2D eigenvalue weighted by Crippen LogP contribution is -2.36. The summed E-state index contributed by atoms with van der Waals surface area (Å²) >= 11 is 0. The number of para-hydroxylation sites is 1. The van der Waals surface area contributed by atoms with Gasteiger partial charge in [-0.2, -0.15) is 14.0 Å². The Morgan fingerprint density at radius 1 is 0.975 bits per heavy atom. The maximum Gasteiger partial charge on any atom is 0.387 e. The number of benzene rings is 3. The molecule has 3 aromatic carbocycles. The summed E-state index contributed by atoms with van der Waals surface area (Å²) in [5.41, 5.74) is 2.58. The lowest BCUT2D eigenvalue weighted by molar-refractivity contribution is -0.124. The Morgan fingerprint density at radius 3 is 2.33 bits per heavy atom. The van der Waals surface area contributed by atoms with E-state index in [1.807, 2.05) is 6.07 Å². The molecular weight excluding hydrogens is 564 g/mol. The molecule has 0 aliphatic heterocycles. The second-order valence-electron chi connectivity index (χ2n) is 8.97. The standard InChI is InChI=1S/C27H27F2N3O6S2/c1-39(34,35)32-24-11-9-20(10-12-24)21-7-4-5-19(15-21)16-23(26(33)31-14-13-30)18-40(36,37)17-22-6-2-3-8-25(22)38-27(28)29/h2-12,15,23,27,32H,14,16-18H2,1H3,(H,31,33). The van der Waals surface area contributed by atoms with Gasteiger partial charge < -0.3 is 10.1 Å². The maximum atomic E-state index is 13.1. The number of carbonyl (C=O) groups is 1. The summed E-state index contributed by atoms with van der Waals surface area (Å²) in [5.74, 6) is -3.19. The largest absolute Gasteiger partial charge is 0.435 e. The number of rotatable bonds is 13. The number of anilines is 1. The third kappa shape index (κ3) is 9.62. The lowest BCUT2D eigenvalue weighted by Gasteiger charge is -2.18. The van der Waals surface area contributed by atoms with E-state index in [9.17, 15) is 30.4 Å². The van der Waals surface area contributed by atoms with Crippen LogP contribution in [0.3, 0.4) is 0 Å². The fourth-order valence-corrected chi connectivity index (χ4v) is 6.32. The molecule has 212 valence electrons. The van der Waals surface area contributed by atoms with Gasteiger partial charge in [-0.3, -0.25) is 9.52 Å². The summed E-state index contributed by atoms with van der Waals surface area (Å²) in [6, 6.07) is 21.0. The van der Waals surface area contributed by atoms with E-state index >= 15 is 0 Å². The van der Waals surface area contributed by atoms with Crippen LogP contribution in [0.1, 0.15) is 11.1 Å². The average molecular weight is 592 g/mol. The number of hydrogen-bond acceptors (Lipinski definition) is 7. The van der Waals surface area contributed by atoms with Crippen molar-refractivity contribution >= 4 is 31.5 Å². The number of halogens is 2. The summed E-state index contributed by atoms with van der Waals surface area (Å²) in [6.45, 7) is -3.44. The van der Waals surface area contributed by atoms with Gasteiger partial charge in [-0.1, -0.05) is 54.6 Å². The predicted octanol–water partition coefficient (Wildman–Crippen LogP) is 3.74. The zero-order valence-corrected chi connectivity index (χ0v) is 23.0. The molecule has 3 aromatic rings. The Kier molecular flexibility index (Phi) is 10.2. The Bertz CT molecular complexity index is 1590. The highest BCUT2D eigenvalue weighted by Gasteiger charge is 2.27. The van der Waals surface area contributed by atoms with E-state index in [4.69, 9.17) is 5.26 Å². The number of carbonyl (C=O) groups excluding carboxylic acids is 1. The van der Waals surface area contributed by atoms with Crippen LogP contribution >= 0.6 is 0 Å². The van der Waals surface area contributed by atoms with E-state index in [0.29, 0.717) is 11.3 Å². The molecule has 0 bridgehead atoms. The SMILES string of the molecule is CS(=O)(=O)Nc1ccc(-c2cccc(CC(CS(=O)(=O)Cc3ccccc3OC(F)F)C(=O)NCC#N)c2)cc1. The number of amides is 1. The minimum Gasteiger partial charge on any atom is -0.435 e. The number of nitrogens with zero attached hydrogens (tertiary/aromatic N) is 1. The average Bonchev–Trinajstić information content (AvgIpc) is 2.87. The van der Waals surface area contributed by atoms with Crippen LogP contribution in [-0.2, 0) is 36.8 Å². The fourth-order valence-electron chi connectivity index (χ4n) is 4.04. The second-order valence-corrected chi connectivity index (χ2v) is 12.8. The monoisotopic (exact) mass is 591 g/mol. The van der Waals surface area contributed by atoms with Gasteiger partial charge in [-0.15, -0.1) is 0 Å². The van der Waals surface area contributed by atoms with Crippen LogP contribution in [0.4, 0.5) is 14.5 Å². The van der Waals surface area contributed by atoms with Gasteiger partial charge in [0.05, 0.1) is 29.7 Å². The quantitative estimate of drug-likeness (QED) is 0.288. The zero-order chi connectivity index (χ0) is 29.3. The molecular formula is C27H27F2N3O6S2. The fraction of sp³-hybridized carbons (Fsp3) is 0.259. The van der Waals surface area contributed by atoms with Gasteiger partial charge in [0.25, 0.3) is 0 Å². The molecule has 0 saturated heterocycles. The number of sulfonamides is 1. The van der Waals surface area contributed by atoms with Crippen LogP contribution in [-0.4, -0.2) is 47.9 Å². The normalized spacial score (nSPS) is 12.4. The summed E-state index contributed by atoms with van der Waals surface area (Å²) in [7, 11) is -7.42. The zero-order valence-electron chi connectivity index (χ0n) is 21.4. The number of alkyl halides is 2. The van der Waals surface area contributed by atoms with Gasteiger partial charge >= 0.3 is 6.61 Å². The third-order valence-electron chi connectivity index (χ3n) is 5.66.